The van der Waals surface area contributed by atoms with Crippen LogP contribution in [-0.4, -0.2) is 41.6 Å². The van der Waals surface area contributed by atoms with E-state index in [-0.39, 0.29) is 35.0 Å². The summed E-state index contributed by atoms with van der Waals surface area (Å²) in [4.78, 5) is 39.4. The van der Waals surface area contributed by atoms with Gasteiger partial charge < -0.3 is 10.2 Å². The monoisotopic (exact) mass is 414 g/mol. The topological polar surface area (TPSA) is 66.5 Å². The molecule has 4 rings (SSSR count). The van der Waals surface area contributed by atoms with Crippen molar-refractivity contribution in [1.82, 2.24) is 10.2 Å². The Balaban J connectivity index is 1.44. The number of rotatable bonds is 7. The summed E-state index contributed by atoms with van der Waals surface area (Å²) in [5.41, 5.74) is 0.863. The SMILES string of the molecule is CCC(=O)C(NC(=O)c1cc(C2CN(C(=O)C3CC3)C2)ccc1F)C1CCCCC1. The van der Waals surface area contributed by atoms with Crippen LogP contribution in [0.3, 0.4) is 0 Å². The quantitative estimate of drug-likeness (QED) is 0.738. The summed E-state index contributed by atoms with van der Waals surface area (Å²) in [7, 11) is 0. The first-order chi connectivity index (χ1) is 14.5. The number of likely N-dealkylation sites (tertiary alicyclic amines) is 1. The highest BCUT2D eigenvalue weighted by atomic mass is 19.1. The Bertz CT molecular complexity index is 824. The molecule has 0 radical (unpaired) electrons. The van der Waals surface area contributed by atoms with Crippen LogP contribution < -0.4 is 5.32 Å². The highest BCUT2D eigenvalue weighted by Gasteiger charge is 2.40. The van der Waals surface area contributed by atoms with Crippen molar-refractivity contribution < 1.29 is 18.8 Å². The summed E-state index contributed by atoms with van der Waals surface area (Å²) in [5, 5.41) is 2.85. The first kappa shape index (κ1) is 21.0. The molecule has 0 spiro atoms. The number of Topliss-reactive ketones (excluding diaryl/α,β-unsaturated/α-hetero) is 1. The third-order valence-corrected chi connectivity index (χ3v) is 6.93. The molecule has 6 heteroatoms. The molecule has 2 saturated carbocycles. The second kappa shape index (κ2) is 8.86. The number of hydrogen-bond acceptors (Lipinski definition) is 3. The van der Waals surface area contributed by atoms with E-state index in [2.05, 4.69) is 5.32 Å². The van der Waals surface area contributed by atoms with Gasteiger partial charge >= 0.3 is 0 Å². The van der Waals surface area contributed by atoms with Crippen LogP contribution in [0, 0.1) is 17.7 Å². The van der Waals surface area contributed by atoms with Crippen molar-refractivity contribution in [1.29, 1.82) is 0 Å². The molecule has 2 amide bonds. The first-order valence-corrected chi connectivity index (χ1v) is 11.4. The highest BCUT2D eigenvalue weighted by molar-refractivity contribution is 5.98. The predicted molar refractivity (Wildman–Crippen MR) is 112 cm³/mol. The third-order valence-electron chi connectivity index (χ3n) is 6.93. The minimum atomic E-state index is -0.576. The lowest BCUT2D eigenvalue weighted by atomic mass is 9.81. The smallest absolute Gasteiger partial charge is 0.254 e. The molecule has 0 bridgehead atoms. The molecule has 3 aliphatic rings. The number of nitrogens with one attached hydrogen (secondary N) is 1. The van der Waals surface area contributed by atoms with Crippen molar-refractivity contribution in [2.24, 2.45) is 11.8 Å². The van der Waals surface area contributed by atoms with E-state index in [4.69, 9.17) is 0 Å². The molecule has 2 aliphatic carbocycles. The van der Waals surface area contributed by atoms with E-state index in [1.54, 1.807) is 19.1 Å². The van der Waals surface area contributed by atoms with Gasteiger partial charge in [-0.2, -0.15) is 0 Å². The predicted octanol–water partition coefficient (Wildman–Crippen LogP) is 3.82. The van der Waals surface area contributed by atoms with Crippen molar-refractivity contribution in [2.45, 2.75) is 70.3 Å². The van der Waals surface area contributed by atoms with Gasteiger partial charge in [0.05, 0.1) is 11.6 Å². The molecule has 1 atom stereocenters. The average molecular weight is 415 g/mol. The molecule has 0 aromatic heterocycles. The minimum Gasteiger partial charge on any atom is -0.342 e. The van der Waals surface area contributed by atoms with Crippen LogP contribution in [0.15, 0.2) is 18.2 Å². The van der Waals surface area contributed by atoms with Gasteiger partial charge in [-0.1, -0.05) is 32.3 Å². The fourth-order valence-corrected chi connectivity index (χ4v) is 4.80. The molecule has 1 aromatic rings. The summed E-state index contributed by atoms with van der Waals surface area (Å²) in [5.74, 6) is -0.390. The zero-order valence-electron chi connectivity index (χ0n) is 17.7. The number of amides is 2. The molecule has 30 heavy (non-hydrogen) atoms. The zero-order chi connectivity index (χ0) is 21.3. The maximum atomic E-state index is 14.5. The summed E-state index contributed by atoms with van der Waals surface area (Å²) in [6.07, 6.45) is 7.47. The standard InChI is InChI=1S/C24H31FN2O3/c1-2-21(28)22(15-6-4-3-5-7-15)26-23(29)19-12-17(10-11-20(19)25)18-13-27(14-18)24(30)16-8-9-16/h10-12,15-16,18,22H,2-9,13-14H2,1H3,(H,26,29). The summed E-state index contributed by atoms with van der Waals surface area (Å²) in [6.45, 7) is 3.05. The van der Waals surface area contributed by atoms with E-state index in [1.165, 1.54) is 6.07 Å². The van der Waals surface area contributed by atoms with Crippen LogP contribution in [0.1, 0.15) is 80.1 Å². The highest BCUT2D eigenvalue weighted by Crippen LogP contribution is 2.36. The van der Waals surface area contributed by atoms with Gasteiger partial charge in [0.25, 0.3) is 5.91 Å². The van der Waals surface area contributed by atoms with Gasteiger partial charge in [0.2, 0.25) is 5.91 Å². The van der Waals surface area contributed by atoms with Gasteiger partial charge in [-0.25, -0.2) is 4.39 Å². The fraction of sp³-hybridized carbons (Fsp3) is 0.625. The van der Waals surface area contributed by atoms with Crippen molar-refractivity contribution in [3.63, 3.8) is 0 Å². The lowest BCUT2D eigenvalue weighted by Crippen LogP contribution is -2.49. The number of halogens is 1. The number of nitrogens with zero attached hydrogens (tertiary/aromatic N) is 1. The van der Waals surface area contributed by atoms with Crippen LogP contribution in [0.5, 0.6) is 0 Å². The molecule has 5 nitrogen and oxygen atoms in total. The average Bonchev–Trinajstić information content (AvgIpc) is 3.57. The van der Waals surface area contributed by atoms with Crippen molar-refractivity contribution in [2.75, 3.05) is 13.1 Å². The minimum absolute atomic E-state index is 0.0100. The van der Waals surface area contributed by atoms with E-state index in [1.807, 2.05) is 4.90 Å². The summed E-state index contributed by atoms with van der Waals surface area (Å²) in [6, 6.07) is 4.09. The number of carbonyl (C=O) groups excluding carboxylic acids is 3. The molecule has 3 fully saturated rings. The molecule has 1 aromatic carbocycles. The molecule has 162 valence electrons. The van der Waals surface area contributed by atoms with Crippen LogP contribution in [0.25, 0.3) is 0 Å². The van der Waals surface area contributed by atoms with E-state index >= 15 is 0 Å². The Morgan fingerprint density at radius 1 is 1.10 bits per heavy atom. The van der Waals surface area contributed by atoms with E-state index in [0.29, 0.717) is 19.5 Å². The Hall–Kier alpha value is -2.24. The maximum Gasteiger partial charge on any atom is 0.254 e. The molecule has 1 unspecified atom stereocenters. The molecule has 1 heterocycles. The van der Waals surface area contributed by atoms with Crippen molar-refractivity contribution >= 4 is 17.6 Å². The number of carbonyl (C=O) groups is 3. The molecule has 1 N–H and O–H groups in total. The van der Waals surface area contributed by atoms with Gasteiger partial charge in [-0.15, -0.1) is 0 Å². The Morgan fingerprint density at radius 2 is 1.80 bits per heavy atom. The van der Waals surface area contributed by atoms with Crippen LogP contribution in [0.2, 0.25) is 0 Å². The van der Waals surface area contributed by atoms with Crippen LogP contribution in [0.4, 0.5) is 4.39 Å². The normalized spacial score (nSPS) is 21.1. The lowest BCUT2D eigenvalue weighted by Gasteiger charge is -2.40. The maximum absolute atomic E-state index is 14.5. The lowest BCUT2D eigenvalue weighted by molar-refractivity contribution is -0.137. The first-order valence-electron chi connectivity index (χ1n) is 11.4. The van der Waals surface area contributed by atoms with Crippen molar-refractivity contribution in [3.8, 4) is 0 Å². The van der Waals surface area contributed by atoms with Crippen LogP contribution in [-0.2, 0) is 9.59 Å². The fourth-order valence-electron chi connectivity index (χ4n) is 4.80. The van der Waals surface area contributed by atoms with Gasteiger partial charge in [0.1, 0.15) is 5.82 Å². The van der Waals surface area contributed by atoms with E-state index in [0.717, 1.165) is 50.5 Å². The Labute approximate surface area is 177 Å². The molecular formula is C24H31FN2O3. The second-order valence-corrected chi connectivity index (χ2v) is 9.12. The zero-order valence-corrected chi connectivity index (χ0v) is 17.7. The summed E-state index contributed by atoms with van der Waals surface area (Å²) >= 11 is 0. The van der Waals surface area contributed by atoms with Gasteiger partial charge in [0.15, 0.2) is 5.78 Å². The van der Waals surface area contributed by atoms with Gasteiger partial charge in [-0.3, -0.25) is 14.4 Å². The van der Waals surface area contributed by atoms with E-state index < -0.39 is 17.8 Å². The largest absolute Gasteiger partial charge is 0.342 e. The second-order valence-electron chi connectivity index (χ2n) is 9.12. The summed E-state index contributed by atoms with van der Waals surface area (Å²) < 4.78 is 14.5. The molecular weight excluding hydrogens is 383 g/mol. The van der Waals surface area contributed by atoms with Crippen molar-refractivity contribution in [3.05, 3.63) is 35.1 Å². The molecule has 1 aliphatic heterocycles. The number of benzene rings is 1. The number of hydrogen-bond donors (Lipinski definition) is 1. The number of ketones is 1. The van der Waals surface area contributed by atoms with Gasteiger partial charge in [0, 0.05) is 31.3 Å². The third kappa shape index (κ3) is 4.42. The molecule has 1 saturated heterocycles. The Morgan fingerprint density at radius 3 is 2.43 bits per heavy atom. The van der Waals surface area contributed by atoms with Gasteiger partial charge in [-0.05, 0) is 49.3 Å². The van der Waals surface area contributed by atoms with Crippen LogP contribution >= 0.6 is 0 Å². The van der Waals surface area contributed by atoms with E-state index in [9.17, 15) is 18.8 Å². The Kier molecular flexibility index (Phi) is 6.21.